The molecule has 1 aliphatic rings. The summed E-state index contributed by atoms with van der Waals surface area (Å²) in [6, 6.07) is 3.25. The van der Waals surface area contributed by atoms with Crippen LogP contribution in [0.25, 0.3) is 0 Å². The van der Waals surface area contributed by atoms with E-state index in [-0.39, 0.29) is 5.03 Å². The molecular weight excluding hydrogens is 304 g/mol. The molecule has 1 saturated heterocycles. The SMILES string of the molecule is CCC1CN(S(=O)(=O)c2ccc(CCl)cn2)CCS1. The van der Waals surface area contributed by atoms with Crippen molar-refractivity contribution in [3.05, 3.63) is 23.9 Å². The first-order valence-corrected chi connectivity index (χ1v) is 9.23. The lowest BCUT2D eigenvalue weighted by Crippen LogP contribution is -2.41. The molecule has 0 aromatic carbocycles. The van der Waals surface area contributed by atoms with Crippen molar-refractivity contribution < 1.29 is 8.42 Å². The van der Waals surface area contributed by atoms with Gasteiger partial charge in [-0.15, -0.1) is 11.6 Å². The van der Waals surface area contributed by atoms with Crippen LogP contribution >= 0.6 is 23.4 Å². The summed E-state index contributed by atoms with van der Waals surface area (Å²) in [6.07, 6.45) is 2.51. The molecule has 106 valence electrons. The zero-order valence-electron chi connectivity index (χ0n) is 10.8. The highest BCUT2D eigenvalue weighted by Gasteiger charge is 2.30. The molecule has 1 unspecified atom stereocenters. The lowest BCUT2D eigenvalue weighted by atomic mass is 10.3. The van der Waals surface area contributed by atoms with E-state index in [4.69, 9.17) is 11.6 Å². The van der Waals surface area contributed by atoms with E-state index in [1.54, 1.807) is 10.4 Å². The number of aromatic nitrogens is 1. The molecular formula is C12H17ClN2O2S2. The van der Waals surface area contributed by atoms with Crippen LogP contribution in [0.15, 0.2) is 23.4 Å². The second kappa shape index (κ2) is 6.43. The van der Waals surface area contributed by atoms with Gasteiger partial charge in [0.25, 0.3) is 10.0 Å². The van der Waals surface area contributed by atoms with Gasteiger partial charge in [-0.25, -0.2) is 13.4 Å². The Morgan fingerprint density at radius 3 is 2.89 bits per heavy atom. The molecule has 19 heavy (non-hydrogen) atoms. The van der Waals surface area contributed by atoms with Crippen LogP contribution in [0.1, 0.15) is 18.9 Å². The maximum Gasteiger partial charge on any atom is 0.260 e. The highest BCUT2D eigenvalue weighted by atomic mass is 35.5. The number of sulfonamides is 1. The summed E-state index contributed by atoms with van der Waals surface area (Å²) in [6.45, 7) is 3.21. The second-order valence-electron chi connectivity index (χ2n) is 4.40. The highest BCUT2D eigenvalue weighted by Crippen LogP contribution is 2.25. The minimum absolute atomic E-state index is 0.114. The van der Waals surface area contributed by atoms with Crippen LogP contribution in [-0.4, -0.2) is 41.8 Å². The third-order valence-electron chi connectivity index (χ3n) is 3.11. The number of hydrogen-bond acceptors (Lipinski definition) is 4. The monoisotopic (exact) mass is 320 g/mol. The van der Waals surface area contributed by atoms with Crippen molar-refractivity contribution in [2.75, 3.05) is 18.8 Å². The van der Waals surface area contributed by atoms with Gasteiger partial charge >= 0.3 is 0 Å². The third kappa shape index (κ3) is 3.42. The molecule has 1 aromatic heterocycles. The Kier molecular flexibility index (Phi) is 5.11. The summed E-state index contributed by atoms with van der Waals surface area (Å²) in [5.74, 6) is 1.18. The third-order valence-corrected chi connectivity index (χ3v) is 6.58. The number of alkyl halides is 1. The summed E-state index contributed by atoms with van der Waals surface area (Å²) >= 11 is 7.52. The number of rotatable bonds is 4. The van der Waals surface area contributed by atoms with E-state index in [0.717, 1.165) is 17.7 Å². The maximum absolute atomic E-state index is 12.5. The summed E-state index contributed by atoms with van der Waals surface area (Å²) in [5, 5.41) is 0.494. The van der Waals surface area contributed by atoms with Crippen molar-refractivity contribution in [1.29, 1.82) is 0 Å². The molecule has 1 atom stereocenters. The zero-order chi connectivity index (χ0) is 13.9. The van der Waals surface area contributed by atoms with Gasteiger partial charge in [0.1, 0.15) is 0 Å². The van der Waals surface area contributed by atoms with Gasteiger partial charge in [0.15, 0.2) is 5.03 Å². The van der Waals surface area contributed by atoms with Crippen molar-refractivity contribution in [3.8, 4) is 0 Å². The first-order chi connectivity index (χ1) is 9.07. The first kappa shape index (κ1) is 15.1. The fraction of sp³-hybridized carbons (Fsp3) is 0.583. The van der Waals surface area contributed by atoms with Crippen LogP contribution in [0.4, 0.5) is 0 Å². The minimum Gasteiger partial charge on any atom is -0.243 e. The van der Waals surface area contributed by atoms with Gasteiger partial charge in [-0.2, -0.15) is 16.1 Å². The molecule has 2 heterocycles. The molecule has 0 aliphatic carbocycles. The van der Waals surface area contributed by atoms with Crippen LogP contribution < -0.4 is 0 Å². The van der Waals surface area contributed by atoms with Gasteiger partial charge in [-0.1, -0.05) is 13.0 Å². The van der Waals surface area contributed by atoms with Crippen molar-refractivity contribution in [2.45, 2.75) is 29.5 Å². The Bertz CT molecular complexity index is 519. The lowest BCUT2D eigenvalue weighted by molar-refractivity contribution is 0.414. The molecule has 0 N–H and O–H groups in total. The molecule has 7 heteroatoms. The van der Waals surface area contributed by atoms with Gasteiger partial charge in [0.2, 0.25) is 0 Å². The van der Waals surface area contributed by atoms with E-state index in [0.29, 0.717) is 24.2 Å². The Labute approximate surface area is 123 Å². The molecule has 0 radical (unpaired) electrons. The average Bonchev–Trinajstić information content (AvgIpc) is 2.47. The average molecular weight is 321 g/mol. The van der Waals surface area contributed by atoms with Gasteiger partial charge < -0.3 is 0 Å². The Hall–Kier alpha value is -0.300. The van der Waals surface area contributed by atoms with Gasteiger partial charge in [0.05, 0.1) is 0 Å². The highest BCUT2D eigenvalue weighted by molar-refractivity contribution is 8.00. The Morgan fingerprint density at radius 1 is 1.53 bits per heavy atom. The van der Waals surface area contributed by atoms with E-state index in [9.17, 15) is 8.42 Å². The molecule has 0 bridgehead atoms. The molecule has 0 amide bonds. The normalized spacial score (nSPS) is 21.5. The number of pyridine rings is 1. The Balaban J connectivity index is 2.20. The number of nitrogens with zero attached hydrogens (tertiary/aromatic N) is 2. The number of hydrogen-bond donors (Lipinski definition) is 0. The molecule has 1 aliphatic heterocycles. The summed E-state index contributed by atoms with van der Waals surface area (Å²) < 4.78 is 26.5. The topological polar surface area (TPSA) is 50.3 Å². The van der Waals surface area contributed by atoms with Gasteiger partial charge in [0, 0.05) is 36.2 Å². The van der Waals surface area contributed by atoms with Gasteiger partial charge in [-0.05, 0) is 18.1 Å². The fourth-order valence-electron chi connectivity index (χ4n) is 1.93. The number of thioether (sulfide) groups is 1. The standard InChI is InChI=1S/C12H17ClN2O2S2/c1-2-11-9-15(5-6-18-11)19(16,17)12-4-3-10(7-13)8-14-12/h3-4,8,11H,2,5-7,9H2,1H3. The van der Waals surface area contributed by atoms with Crippen molar-refractivity contribution in [1.82, 2.24) is 9.29 Å². The second-order valence-corrected chi connectivity index (χ2v) is 7.96. The maximum atomic E-state index is 12.5. The number of halogens is 1. The summed E-state index contributed by atoms with van der Waals surface area (Å²) in [7, 11) is -3.46. The predicted octanol–water partition coefficient (Wildman–Crippen LogP) is 2.34. The Morgan fingerprint density at radius 2 is 2.32 bits per heavy atom. The fourth-order valence-corrected chi connectivity index (χ4v) is 4.88. The quantitative estimate of drug-likeness (QED) is 0.799. The molecule has 4 nitrogen and oxygen atoms in total. The molecule has 2 rings (SSSR count). The van der Waals surface area contributed by atoms with Crippen LogP contribution in [0.2, 0.25) is 0 Å². The van der Waals surface area contributed by atoms with Crippen LogP contribution in [0.5, 0.6) is 0 Å². The predicted molar refractivity (Wildman–Crippen MR) is 79.1 cm³/mol. The molecule has 1 aromatic rings. The minimum atomic E-state index is -3.46. The van der Waals surface area contributed by atoms with Crippen LogP contribution in [0.3, 0.4) is 0 Å². The lowest BCUT2D eigenvalue weighted by Gasteiger charge is -2.30. The molecule has 0 spiro atoms. The first-order valence-electron chi connectivity index (χ1n) is 6.20. The van der Waals surface area contributed by atoms with E-state index in [1.807, 2.05) is 11.8 Å². The van der Waals surface area contributed by atoms with E-state index < -0.39 is 10.0 Å². The van der Waals surface area contributed by atoms with Crippen molar-refractivity contribution >= 4 is 33.4 Å². The van der Waals surface area contributed by atoms with E-state index in [1.165, 1.54) is 12.3 Å². The van der Waals surface area contributed by atoms with E-state index in [2.05, 4.69) is 11.9 Å². The zero-order valence-corrected chi connectivity index (χ0v) is 13.1. The summed E-state index contributed by atoms with van der Waals surface area (Å²) in [4.78, 5) is 4.03. The van der Waals surface area contributed by atoms with Gasteiger partial charge in [-0.3, -0.25) is 0 Å². The molecule has 0 saturated carbocycles. The van der Waals surface area contributed by atoms with Crippen molar-refractivity contribution in [2.24, 2.45) is 0 Å². The smallest absolute Gasteiger partial charge is 0.243 e. The van der Waals surface area contributed by atoms with Crippen LogP contribution in [0, 0.1) is 0 Å². The largest absolute Gasteiger partial charge is 0.260 e. The van der Waals surface area contributed by atoms with Crippen LogP contribution in [-0.2, 0) is 15.9 Å². The summed E-state index contributed by atoms with van der Waals surface area (Å²) in [5.41, 5.74) is 0.821. The molecule has 1 fully saturated rings. The van der Waals surface area contributed by atoms with Crippen molar-refractivity contribution in [3.63, 3.8) is 0 Å². The van der Waals surface area contributed by atoms with E-state index >= 15 is 0 Å².